The van der Waals surface area contributed by atoms with Crippen LogP contribution in [0.2, 0.25) is 0 Å². The third kappa shape index (κ3) is 2.46. The van der Waals surface area contributed by atoms with Crippen LogP contribution >= 0.6 is 28.1 Å². The van der Waals surface area contributed by atoms with Crippen LogP contribution in [0.15, 0.2) is 16.6 Å². The van der Waals surface area contributed by atoms with Crippen LogP contribution in [0.1, 0.15) is 45.1 Å². The lowest BCUT2D eigenvalue weighted by Crippen LogP contribution is -2.19. The summed E-state index contributed by atoms with van der Waals surface area (Å²) in [6, 6.07) is 3.66. The molecular formula is C15H18BrFN2S. The SMILES string of the molecule is CC(C1CCCCC1)n1c(=S)[nH]c2cc(Br)c(F)cc21. The number of aromatic nitrogens is 2. The monoisotopic (exact) mass is 356 g/mol. The summed E-state index contributed by atoms with van der Waals surface area (Å²) in [7, 11) is 0. The average molecular weight is 357 g/mol. The Morgan fingerprint density at radius 1 is 1.35 bits per heavy atom. The number of rotatable bonds is 2. The number of aromatic amines is 1. The molecule has 1 aromatic heterocycles. The molecule has 1 unspecified atom stereocenters. The van der Waals surface area contributed by atoms with E-state index in [1.165, 1.54) is 32.1 Å². The number of nitrogens with one attached hydrogen (secondary N) is 1. The minimum Gasteiger partial charge on any atom is -0.331 e. The molecular weight excluding hydrogens is 339 g/mol. The highest BCUT2D eigenvalue weighted by molar-refractivity contribution is 9.10. The molecule has 0 bridgehead atoms. The lowest BCUT2D eigenvalue weighted by molar-refractivity contribution is 0.266. The Bertz CT molecular complexity index is 685. The molecule has 1 fully saturated rings. The van der Waals surface area contributed by atoms with Gasteiger partial charge in [-0.25, -0.2) is 4.39 Å². The Hall–Kier alpha value is -0.680. The van der Waals surface area contributed by atoms with E-state index in [1.807, 2.05) is 0 Å². The molecule has 3 rings (SSSR count). The van der Waals surface area contributed by atoms with Crippen LogP contribution in [0.3, 0.4) is 0 Å². The number of H-pyrrole nitrogens is 1. The van der Waals surface area contributed by atoms with E-state index in [0.717, 1.165) is 11.0 Å². The summed E-state index contributed by atoms with van der Waals surface area (Å²) in [5.41, 5.74) is 1.76. The van der Waals surface area contributed by atoms with Gasteiger partial charge in [0, 0.05) is 12.1 Å². The normalized spacial score (nSPS) is 18.6. The summed E-state index contributed by atoms with van der Waals surface area (Å²) in [6.45, 7) is 2.21. The first-order valence-electron chi connectivity index (χ1n) is 7.17. The molecule has 2 aromatic rings. The first kappa shape index (κ1) is 14.3. The van der Waals surface area contributed by atoms with Gasteiger partial charge in [-0.05, 0) is 59.9 Å². The first-order chi connectivity index (χ1) is 9.58. The second-order valence-electron chi connectivity index (χ2n) is 5.72. The molecule has 0 radical (unpaired) electrons. The molecule has 0 amide bonds. The van der Waals surface area contributed by atoms with Crippen molar-refractivity contribution in [3.05, 3.63) is 27.2 Å². The molecule has 2 nitrogen and oxygen atoms in total. The summed E-state index contributed by atoms with van der Waals surface area (Å²) in [5.74, 6) is 0.400. The van der Waals surface area contributed by atoms with Crippen molar-refractivity contribution in [1.29, 1.82) is 0 Å². The van der Waals surface area contributed by atoms with Crippen LogP contribution in [0, 0.1) is 16.5 Å². The Balaban J connectivity index is 2.08. The molecule has 0 aliphatic heterocycles. The molecule has 20 heavy (non-hydrogen) atoms. The average Bonchev–Trinajstić information content (AvgIpc) is 2.75. The van der Waals surface area contributed by atoms with Crippen molar-refractivity contribution >= 4 is 39.2 Å². The fourth-order valence-electron chi connectivity index (χ4n) is 3.35. The summed E-state index contributed by atoms with van der Waals surface area (Å²) in [4.78, 5) is 3.20. The second-order valence-corrected chi connectivity index (χ2v) is 6.96. The molecule has 0 saturated heterocycles. The number of imidazole rings is 1. The van der Waals surface area contributed by atoms with Gasteiger partial charge in [0.25, 0.3) is 0 Å². The van der Waals surface area contributed by atoms with E-state index in [0.29, 0.717) is 21.2 Å². The Labute approximate surface area is 131 Å². The maximum atomic E-state index is 13.8. The maximum Gasteiger partial charge on any atom is 0.178 e. The highest BCUT2D eigenvalue weighted by Gasteiger charge is 2.23. The zero-order valence-corrected chi connectivity index (χ0v) is 13.9. The Morgan fingerprint density at radius 2 is 2.05 bits per heavy atom. The van der Waals surface area contributed by atoms with Gasteiger partial charge in [-0.3, -0.25) is 0 Å². The van der Waals surface area contributed by atoms with E-state index in [2.05, 4.69) is 32.4 Å². The zero-order valence-electron chi connectivity index (χ0n) is 11.5. The summed E-state index contributed by atoms with van der Waals surface area (Å²) < 4.78 is 17.1. The van der Waals surface area contributed by atoms with Gasteiger partial charge in [-0.15, -0.1) is 0 Å². The van der Waals surface area contributed by atoms with Gasteiger partial charge in [0.05, 0.1) is 15.5 Å². The molecule has 1 saturated carbocycles. The highest BCUT2D eigenvalue weighted by atomic mass is 79.9. The van der Waals surface area contributed by atoms with Gasteiger partial charge in [-0.2, -0.15) is 0 Å². The van der Waals surface area contributed by atoms with E-state index in [1.54, 1.807) is 12.1 Å². The molecule has 108 valence electrons. The van der Waals surface area contributed by atoms with Gasteiger partial charge in [0.1, 0.15) is 5.82 Å². The van der Waals surface area contributed by atoms with Crippen molar-refractivity contribution < 1.29 is 4.39 Å². The lowest BCUT2D eigenvalue weighted by Gasteiger charge is -2.29. The van der Waals surface area contributed by atoms with Crippen molar-refractivity contribution in [2.75, 3.05) is 0 Å². The fraction of sp³-hybridized carbons (Fsp3) is 0.533. The molecule has 1 aliphatic rings. The Morgan fingerprint density at radius 3 is 2.75 bits per heavy atom. The van der Waals surface area contributed by atoms with Crippen LogP contribution in [-0.4, -0.2) is 9.55 Å². The fourth-order valence-corrected chi connectivity index (χ4v) is 4.07. The maximum absolute atomic E-state index is 13.8. The summed E-state index contributed by atoms with van der Waals surface area (Å²) in [6.07, 6.45) is 6.42. The molecule has 1 aliphatic carbocycles. The van der Waals surface area contributed by atoms with Crippen LogP contribution in [-0.2, 0) is 0 Å². The van der Waals surface area contributed by atoms with Gasteiger partial charge >= 0.3 is 0 Å². The Kier molecular flexibility index (Phi) is 4.00. The molecule has 1 aromatic carbocycles. The van der Waals surface area contributed by atoms with Crippen molar-refractivity contribution in [2.24, 2.45) is 5.92 Å². The predicted octanol–water partition coefficient (Wildman–Crippen LogP) is 5.74. The number of benzene rings is 1. The van der Waals surface area contributed by atoms with Crippen molar-refractivity contribution in [2.45, 2.75) is 45.1 Å². The number of fused-ring (bicyclic) bond motifs is 1. The summed E-state index contributed by atoms with van der Waals surface area (Å²) >= 11 is 8.68. The number of halogens is 2. The van der Waals surface area contributed by atoms with E-state index in [9.17, 15) is 4.39 Å². The quantitative estimate of drug-likeness (QED) is 0.680. The molecule has 0 spiro atoms. The van der Waals surface area contributed by atoms with Crippen LogP contribution in [0.4, 0.5) is 4.39 Å². The highest BCUT2D eigenvalue weighted by Crippen LogP contribution is 2.35. The largest absolute Gasteiger partial charge is 0.331 e. The second kappa shape index (κ2) is 5.60. The van der Waals surface area contributed by atoms with Crippen LogP contribution < -0.4 is 0 Å². The standard InChI is InChI=1S/C15H18BrFN2S/c1-9(10-5-3-2-4-6-10)19-14-8-12(17)11(16)7-13(14)18-15(19)20/h7-10H,2-6H2,1H3,(H,18,20). The molecule has 1 heterocycles. The van der Waals surface area contributed by atoms with Crippen molar-refractivity contribution in [1.82, 2.24) is 9.55 Å². The smallest absolute Gasteiger partial charge is 0.178 e. The van der Waals surface area contributed by atoms with E-state index in [-0.39, 0.29) is 5.82 Å². The minimum absolute atomic E-state index is 0.240. The third-order valence-corrected chi connectivity index (χ3v) is 5.40. The topological polar surface area (TPSA) is 20.7 Å². The van der Waals surface area contributed by atoms with Gasteiger partial charge in [0.2, 0.25) is 0 Å². The molecule has 5 heteroatoms. The van der Waals surface area contributed by atoms with Crippen LogP contribution in [0.25, 0.3) is 11.0 Å². The zero-order chi connectivity index (χ0) is 14.3. The van der Waals surface area contributed by atoms with E-state index in [4.69, 9.17) is 12.2 Å². The first-order valence-corrected chi connectivity index (χ1v) is 8.37. The molecule has 1 N–H and O–H groups in total. The number of hydrogen-bond acceptors (Lipinski definition) is 1. The van der Waals surface area contributed by atoms with Crippen molar-refractivity contribution in [3.63, 3.8) is 0 Å². The van der Waals surface area contributed by atoms with Gasteiger partial charge in [-0.1, -0.05) is 19.3 Å². The predicted molar refractivity (Wildman–Crippen MR) is 86.1 cm³/mol. The molecule has 1 atom stereocenters. The van der Waals surface area contributed by atoms with Gasteiger partial charge in [0.15, 0.2) is 4.77 Å². The van der Waals surface area contributed by atoms with Gasteiger partial charge < -0.3 is 9.55 Å². The minimum atomic E-state index is -0.240. The van der Waals surface area contributed by atoms with E-state index < -0.39 is 0 Å². The summed E-state index contributed by atoms with van der Waals surface area (Å²) in [5, 5.41) is 0. The third-order valence-electron chi connectivity index (χ3n) is 4.50. The number of hydrogen-bond donors (Lipinski definition) is 1. The lowest BCUT2D eigenvalue weighted by atomic mass is 9.84. The van der Waals surface area contributed by atoms with Crippen LogP contribution in [0.5, 0.6) is 0 Å². The number of nitrogens with zero attached hydrogens (tertiary/aromatic N) is 1. The van der Waals surface area contributed by atoms with E-state index >= 15 is 0 Å². The van der Waals surface area contributed by atoms with Crippen molar-refractivity contribution in [3.8, 4) is 0 Å².